The van der Waals surface area contributed by atoms with Crippen molar-refractivity contribution in [3.63, 3.8) is 0 Å². The maximum absolute atomic E-state index is 11.7. The van der Waals surface area contributed by atoms with Gasteiger partial charge in [0.05, 0.1) is 0 Å². The number of rotatable bonds is 1. The first-order chi connectivity index (χ1) is 6.12. The Bertz CT molecular complexity index is 283. The maximum Gasteiger partial charge on any atom is 0.282 e. The number of hydrogen-bond donors (Lipinski definition) is 0. The third-order valence-electron chi connectivity index (χ3n) is 3.06. The molecule has 2 aliphatic rings. The van der Waals surface area contributed by atoms with Gasteiger partial charge in [0.1, 0.15) is 0 Å². The van der Waals surface area contributed by atoms with Crippen molar-refractivity contribution in [2.45, 2.75) is 31.7 Å². The molecule has 2 rings (SSSR count). The topological polar surface area (TPSA) is 40.6 Å². The molecule has 76 valence electrons. The Morgan fingerprint density at radius 2 is 1.77 bits per heavy atom. The van der Waals surface area contributed by atoms with Gasteiger partial charge < -0.3 is 0 Å². The predicted octanol–water partition coefficient (Wildman–Crippen LogP) is 0.421. The summed E-state index contributed by atoms with van der Waals surface area (Å²) in [6, 6.07) is 0.287. The van der Waals surface area contributed by atoms with Crippen LogP contribution in [0.2, 0.25) is 0 Å². The van der Waals surface area contributed by atoms with Crippen LogP contribution in [-0.4, -0.2) is 43.2 Å². The summed E-state index contributed by atoms with van der Waals surface area (Å²) in [4.78, 5) is 0. The zero-order valence-corrected chi connectivity index (χ0v) is 8.76. The van der Waals surface area contributed by atoms with Gasteiger partial charge in [0.15, 0.2) is 0 Å². The van der Waals surface area contributed by atoms with Gasteiger partial charge in [-0.05, 0) is 12.8 Å². The minimum Gasteiger partial charge on any atom is -0.195 e. The highest BCUT2D eigenvalue weighted by molar-refractivity contribution is 7.87. The van der Waals surface area contributed by atoms with E-state index in [1.54, 1.807) is 11.4 Å². The first-order valence-electron chi connectivity index (χ1n) is 4.85. The van der Waals surface area contributed by atoms with Crippen LogP contribution in [0.1, 0.15) is 25.7 Å². The van der Waals surface area contributed by atoms with Crippen LogP contribution in [0.4, 0.5) is 0 Å². The second kappa shape index (κ2) is 3.22. The molecule has 1 aliphatic heterocycles. The van der Waals surface area contributed by atoms with E-state index in [1.165, 1.54) is 17.1 Å². The van der Waals surface area contributed by atoms with Crippen molar-refractivity contribution in [2.24, 2.45) is 0 Å². The lowest BCUT2D eigenvalue weighted by atomic mass is 10.2. The van der Waals surface area contributed by atoms with Crippen LogP contribution in [0.5, 0.6) is 0 Å². The van der Waals surface area contributed by atoms with E-state index in [1.807, 2.05) is 0 Å². The van der Waals surface area contributed by atoms with Crippen molar-refractivity contribution >= 4 is 10.2 Å². The lowest BCUT2D eigenvalue weighted by Crippen LogP contribution is -2.37. The summed E-state index contributed by atoms with van der Waals surface area (Å²) in [5.74, 6) is 0. The molecule has 0 aromatic carbocycles. The first kappa shape index (κ1) is 9.43. The van der Waals surface area contributed by atoms with Gasteiger partial charge in [-0.2, -0.15) is 17.0 Å². The van der Waals surface area contributed by atoms with Crippen LogP contribution in [0.25, 0.3) is 0 Å². The summed E-state index contributed by atoms with van der Waals surface area (Å²) in [7, 11) is -1.43. The molecule has 0 radical (unpaired) electrons. The molecule has 1 saturated carbocycles. The normalized spacial score (nSPS) is 31.5. The predicted molar refractivity (Wildman–Crippen MR) is 50.5 cm³/mol. The van der Waals surface area contributed by atoms with Crippen LogP contribution < -0.4 is 0 Å². The molecule has 13 heavy (non-hydrogen) atoms. The van der Waals surface area contributed by atoms with Gasteiger partial charge in [-0.15, -0.1) is 0 Å². The lowest BCUT2D eigenvalue weighted by Gasteiger charge is -2.21. The van der Waals surface area contributed by atoms with Crippen molar-refractivity contribution in [3.8, 4) is 0 Å². The molecule has 1 aliphatic carbocycles. The van der Waals surface area contributed by atoms with E-state index in [9.17, 15) is 8.42 Å². The van der Waals surface area contributed by atoms with E-state index >= 15 is 0 Å². The lowest BCUT2D eigenvalue weighted by molar-refractivity contribution is 0.350. The van der Waals surface area contributed by atoms with Crippen LogP contribution in [0.3, 0.4) is 0 Å². The van der Waals surface area contributed by atoms with Gasteiger partial charge in [0, 0.05) is 26.2 Å². The Morgan fingerprint density at radius 1 is 1.15 bits per heavy atom. The van der Waals surface area contributed by atoms with Gasteiger partial charge in [-0.3, -0.25) is 0 Å². The molecule has 0 N–H and O–H groups in total. The Labute approximate surface area is 79.7 Å². The van der Waals surface area contributed by atoms with Gasteiger partial charge in [0.2, 0.25) is 0 Å². The van der Waals surface area contributed by atoms with Gasteiger partial charge in [0.25, 0.3) is 10.2 Å². The van der Waals surface area contributed by atoms with E-state index < -0.39 is 10.2 Å². The van der Waals surface area contributed by atoms with Crippen LogP contribution in [0.15, 0.2) is 0 Å². The average Bonchev–Trinajstić information content (AvgIpc) is 2.62. The SMILES string of the molecule is CN1CCN(C2CCCC2)S1(=O)=O. The summed E-state index contributed by atoms with van der Waals surface area (Å²) in [5.41, 5.74) is 0. The third-order valence-corrected chi connectivity index (χ3v) is 5.10. The van der Waals surface area contributed by atoms with Crippen LogP contribution in [0, 0.1) is 0 Å². The molecule has 0 atom stereocenters. The molecule has 1 heterocycles. The highest BCUT2D eigenvalue weighted by Gasteiger charge is 2.39. The molecule has 0 spiro atoms. The van der Waals surface area contributed by atoms with E-state index in [0.717, 1.165) is 12.8 Å². The smallest absolute Gasteiger partial charge is 0.195 e. The Kier molecular flexibility index (Phi) is 2.33. The standard InChI is InChI=1S/C8H16N2O2S/c1-9-6-7-10(13(9,11)12)8-4-2-3-5-8/h8H,2-7H2,1H3. The van der Waals surface area contributed by atoms with E-state index in [2.05, 4.69) is 0 Å². The molecular weight excluding hydrogens is 188 g/mol. The summed E-state index contributed by atoms with van der Waals surface area (Å²) in [6.45, 7) is 1.34. The molecule has 0 amide bonds. The Hall–Kier alpha value is -0.130. The van der Waals surface area contributed by atoms with Gasteiger partial charge in [-0.1, -0.05) is 12.8 Å². The first-order valence-corrected chi connectivity index (χ1v) is 6.25. The van der Waals surface area contributed by atoms with E-state index in [4.69, 9.17) is 0 Å². The molecule has 0 aromatic rings. The quantitative estimate of drug-likeness (QED) is 0.621. The van der Waals surface area contributed by atoms with Crippen molar-refractivity contribution in [1.82, 2.24) is 8.61 Å². The van der Waals surface area contributed by atoms with Crippen molar-refractivity contribution in [3.05, 3.63) is 0 Å². The minimum absolute atomic E-state index is 0.287. The third kappa shape index (κ3) is 1.49. The zero-order chi connectivity index (χ0) is 9.47. The average molecular weight is 204 g/mol. The molecule has 0 unspecified atom stereocenters. The molecule has 0 bridgehead atoms. The van der Waals surface area contributed by atoms with E-state index in [-0.39, 0.29) is 6.04 Å². The zero-order valence-electron chi connectivity index (χ0n) is 7.94. The molecule has 1 saturated heterocycles. The van der Waals surface area contributed by atoms with Crippen molar-refractivity contribution < 1.29 is 8.42 Å². The van der Waals surface area contributed by atoms with Crippen LogP contribution in [-0.2, 0) is 10.2 Å². The largest absolute Gasteiger partial charge is 0.282 e. The maximum atomic E-state index is 11.7. The van der Waals surface area contributed by atoms with Gasteiger partial charge >= 0.3 is 0 Å². The number of nitrogens with zero attached hydrogens (tertiary/aromatic N) is 2. The van der Waals surface area contributed by atoms with Gasteiger partial charge in [-0.25, -0.2) is 0 Å². The molecule has 2 fully saturated rings. The second-order valence-corrected chi connectivity index (χ2v) is 5.87. The molecular formula is C8H16N2O2S. The fraction of sp³-hybridized carbons (Fsp3) is 1.00. The number of hydrogen-bond acceptors (Lipinski definition) is 2. The highest BCUT2D eigenvalue weighted by atomic mass is 32.2. The molecule has 4 nitrogen and oxygen atoms in total. The summed E-state index contributed by atoms with van der Waals surface area (Å²) >= 11 is 0. The number of likely N-dealkylation sites (N-methyl/N-ethyl adjacent to an activating group) is 1. The molecule has 5 heteroatoms. The van der Waals surface area contributed by atoms with E-state index in [0.29, 0.717) is 13.1 Å². The van der Waals surface area contributed by atoms with Crippen molar-refractivity contribution in [1.29, 1.82) is 0 Å². The minimum atomic E-state index is -3.08. The fourth-order valence-corrected chi connectivity index (χ4v) is 3.78. The van der Waals surface area contributed by atoms with Crippen molar-refractivity contribution in [2.75, 3.05) is 20.1 Å². The summed E-state index contributed by atoms with van der Waals surface area (Å²) in [6.07, 6.45) is 4.46. The Balaban J connectivity index is 2.16. The Morgan fingerprint density at radius 3 is 2.23 bits per heavy atom. The summed E-state index contributed by atoms with van der Waals surface area (Å²) in [5, 5.41) is 0. The summed E-state index contributed by atoms with van der Waals surface area (Å²) < 4.78 is 26.6. The van der Waals surface area contributed by atoms with Crippen LogP contribution >= 0.6 is 0 Å². The highest BCUT2D eigenvalue weighted by Crippen LogP contribution is 2.28. The molecule has 0 aromatic heterocycles. The fourth-order valence-electron chi connectivity index (χ4n) is 2.21. The second-order valence-electron chi connectivity index (χ2n) is 3.88. The monoisotopic (exact) mass is 204 g/mol.